The molecule has 178 valence electrons. The van der Waals surface area contributed by atoms with Crippen LogP contribution in [0.4, 0.5) is 0 Å². The Morgan fingerprint density at radius 3 is 2.68 bits per heavy atom. The van der Waals surface area contributed by atoms with Crippen molar-refractivity contribution in [2.75, 3.05) is 19.6 Å². The molecule has 2 amide bonds. The van der Waals surface area contributed by atoms with Crippen molar-refractivity contribution in [2.24, 2.45) is 0 Å². The van der Waals surface area contributed by atoms with Crippen LogP contribution >= 0.6 is 0 Å². The van der Waals surface area contributed by atoms with E-state index in [4.69, 9.17) is 4.74 Å². The van der Waals surface area contributed by atoms with Crippen molar-refractivity contribution in [3.63, 3.8) is 0 Å². The Morgan fingerprint density at radius 1 is 1.06 bits per heavy atom. The molecule has 0 spiro atoms. The van der Waals surface area contributed by atoms with Crippen LogP contribution in [0.1, 0.15) is 43.2 Å². The van der Waals surface area contributed by atoms with Gasteiger partial charge in [-0.3, -0.25) is 14.6 Å². The highest BCUT2D eigenvalue weighted by molar-refractivity contribution is 5.91. The summed E-state index contributed by atoms with van der Waals surface area (Å²) in [5.41, 5.74) is 3.00. The van der Waals surface area contributed by atoms with Crippen LogP contribution in [0.2, 0.25) is 0 Å². The van der Waals surface area contributed by atoms with Gasteiger partial charge in [0.25, 0.3) is 0 Å². The molecule has 1 aliphatic carbocycles. The molecule has 0 bridgehead atoms. The number of hydrogen-bond donors (Lipinski definition) is 1. The molecule has 0 radical (unpaired) electrons. The number of fused-ring (bicyclic) bond motifs is 1. The van der Waals surface area contributed by atoms with Crippen molar-refractivity contribution < 1.29 is 14.3 Å². The first-order chi connectivity index (χ1) is 16.7. The minimum atomic E-state index is -0.228. The molecule has 5 rings (SSSR count). The molecule has 1 aromatic carbocycles. The van der Waals surface area contributed by atoms with Gasteiger partial charge in [-0.25, -0.2) is 0 Å². The minimum absolute atomic E-state index is 0.0363. The average Bonchev–Trinajstić information content (AvgIpc) is 3.20. The van der Waals surface area contributed by atoms with E-state index in [9.17, 15) is 9.59 Å². The fourth-order valence-electron chi connectivity index (χ4n) is 5.23. The molecule has 1 aliphatic heterocycles. The number of rotatable bonds is 6. The Bertz CT molecular complexity index is 1120. The molecule has 1 saturated heterocycles. The zero-order chi connectivity index (χ0) is 23.3. The molecular weight excluding hydrogens is 428 g/mol. The van der Waals surface area contributed by atoms with Gasteiger partial charge in [-0.05, 0) is 42.2 Å². The number of aromatic nitrogens is 2. The molecule has 2 aliphatic rings. The van der Waals surface area contributed by atoms with Gasteiger partial charge >= 0.3 is 0 Å². The van der Waals surface area contributed by atoms with Crippen molar-refractivity contribution >= 4 is 22.7 Å². The molecule has 3 heterocycles. The Balaban J connectivity index is 1.33. The van der Waals surface area contributed by atoms with Crippen LogP contribution in [-0.4, -0.2) is 63.4 Å². The average molecular weight is 461 g/mol. The molecule has 7 nitrogen and oxygen atoms in total. The zero-order valence-electron chi connectivity index (χ0n) is 19.5. The molecular formula is C27H32N4O3. The first-order valence-corrected chi connectivity index (χ1v) is 12.3. The summed E-state index contributed by atoms with van der Waals surface area (Å²) in [6, 6.07) is 12.1. The van der Waals surface area contributed by atoms with Crippen LogP contribution in [0.15, 0.2) is 55.0 Å². The van der Waals surface area contributed by atoms with Gasteiger partial charge in [0, 0.05) is 48.6 Å². The number of ether oxygens (including phenoxy) is 1. The number of nitrogens with one attached hydrogen (secondary N) is 1. The number of pyridine rings is 1. The van der Waals surface area contributed by atoms with E-state index in [1.807, 2.05) is 47.5 Å². The van der Waals surface area contributed by atoms with Gasteiger partial charge in [-0.15, -0.1) is 0 Å². The van der Waals surface area contributed by atoms with E-state index in [0.717, 1.165) is 47.7 Å². The van der Waals surface area contributed by atoms with Gasteiger partial charge in [0.2, 0.25) is 11.8 Å². The van der Waals surface area contributed by atoms with Gasteiger partial charge < -0.3 is 19.5 Å². The van der Waals surface area contributed by atoms with Crippen LogP contribution in [0.3, 0.4) is 0 Å². The number of benzene rings is 1. The number of para-hydroxylation sites is 1. The molecule has 1 N–H and O–H groups in total. The van der Waals surface area contributed by atoms with Gasteiger partial charge in [0.1, 0.15) is 0 Å². The Labute approximate surface area is 200 Å². The number of amides is 2. The molecule has 34 heavy (non-hydrogen) atoms. The lowest BCUT2D eigenvalue weighted by Crippen LogP contribution is -2.46. The van der Waals surface area contributed by atoms with E-state index in [0.29, 0.717) is 19.7 Å². The molecule has 2 fully saturated rings. The molecule has 2 aromatic heterocycles. The minimum Gasteiger partial charge on any atom is -0.370 e. The quantitative estimate of drug-likeness (QED) is 0.609. The van der Waals surface area contributed by atoms with E-state index >= 15 is 0 Å². The van der Waals surface area contributed by atoms with E-state index < -0.39 is 0 Å². The summed E-state index contributed by atoms with van der Waals surface area (Å²) in [6.07, 6.45) is 11.0. The summed E-state index contributed by atoms with van der Waals surface area (Å²) in [6.45, 7) is 1.50. The van der Waals surface area contributed by atoms with E-state index in [-0.39, 0.29) is 36.9 Å². The maximum Gasteiger partial charge on any atom is 0.242 e. The number of carbonyl (C=O) groups excluding carboxylic acids is 2. The highest BCUT2D eigenvalue weighted by Gasteiger charge is 2.35. The highest BCUT2D eigenvalue weighted by Crippen LogP contribution is 2.25. The number of H-pyrrole nitrogens is 1. The van der Waals surface area contributed by atoms with Crippen LogP contribution in [-0.2, 0) is 27.4 Å². The van der Waals surface area contributed by atoms with Gasteiger partial charge in [-0.1, -0.05) is 37.5 Å². The van der Waals surface area contributed by atoms with Crippen LogP contribution < -0.4 is 0 Å². The summed E-state index contributed by atoms with van der Waals surface area (Å²) in [7, 11) is 0. The first-order valence-electron chi connectivity index (χ1n) is 12.3. The predicted octanol–water partition coefficient (Wildman–Crippen LogP) is 3.69. The molecule has 1 saturated carbocycles. The molecule has 3 aromatic rings. The maximum absolute atomic E-state index is 13.4. The Morgan fingerprint density at radius 2 is 1.85 bits per heavy atom. The van der Waals surface area contributed by atoms with Crippen LogP contribution in [0.25, 0.3) is 10.9 Å². The van der Waals surface area contributed by atoms with Gasteiger partial charge in [0.05, 0.1) is 25.7 Å². The normalized spacial score (nSPS) is 20.0. The second-order valence-corrected chi connectivity index (χ2v) is 9.44. The lowest BCUT2D eigenvalue weighted by atomic mass is 9.94. The van der Waals surface area contributed by atoms with Crippen molar-refractivity contribution in [1.29, 1.82) is 0 Å². The summed E-state index contributed by atoms with van der Waals surface area (Å²) in [4.78, 5) is 37.7. The Hall–Kier alpha value is -3.19. The number of carbonyl (C=O) groups is 2. The summed E-state index contributed by atoms with van der Waals surface area (Å²) in [5.74, 6) is -0.00436. The highest BCUT2D eigenvalue weighted by atomic mass is 16.5. The van der Waals surface area contributed by atoms with Crippen molar-refractivity contribution in [3.05, 3.63) is 66.1 Å². The fraction of sp³-hybridized carbons (Fsp3) is 0.444. The summed E-state index contributed by atoms with van der Waals surface area (Å²) < 4.78 is 6.28. The van der Waals surface area contributed by atoms with Crippen molar-refractivity contribution in [2.45, 2.75) is 57.3 Å². The van der Waals surface area contributed by atoms with Gasteiger partial charge in [0.15, 0.2) is 0 Å². The number of nitrogens with zero attached hydrogens (tertiary/aromatic N) is 3. The zero-order valence-corrected chi connectivity index (χ0v) is 19.5. The smallest absolute Gasteiger partial charge is 0.242 e. The molecule has 1 atom stereocenters. The predicted molar refractivity (Wildman–Crippen MR) is 130 cm³/mol. The third-order valence-corrected chi connectivity index (χ3v) is 7.09. The second-order valence-electron chi connectivity index (χ2n) is 9.44. The SMILES string of the molecule is O=C(Cc1c[nH]c2ccccc12)N1CC(=O)N(C2CCCCC2)C[C@@H](OCc2ccncc2)C1. The number of hydrogen-bond acceptors (Lipinski definition) is 4. The third-order valence-electron chi connectivity index (χ3n) is 7.09. The lowest BCUT2D eigenvalue weighted by molar-refractivity contribution is -0.139. The third kappa shape index (κ3) is 5.14. The van der Waals surface area contributed by atoms with E-state index in [1.54, 1.807) is 17.3 Å². The van der Waals surface area contributed by atoms with Gasteiger partial charge in [-0.2, -0.15) is 0 Å². The topological polar surface area (TPSA) is 78.5 Å². The first kappa shape index (κ1) is 22.6. The molecule has 7 heteroatoms. The van der Waals surface area contributed by atoms with E-state index in [1.165, 1.54) is 6.42 Å². The number of aromatic amines is 1. The maximum atomic E-state index is 13.4. The van der Waals surface area contributed by atoms with Crippen LogP contribution in [0.5, 0.6) is 0 Å². The Kier molecular flexibility index (Phi) is 6.90. The summed E-state index contributed by atoms with van der Waals surface area (Å²) >= 11 is 0. The van der Waals surface area contributed by atoms with E-state index in [2.05, 4.69) is 9.97 Å². The van der Waals surface area contributed by atoms with Crippen molar-refractivity contribution in [1.82, 2.24) is 19.8 Å². The standard InChI is InChI=1S/C27H32N4O3/c32-26(14-21-15-29-25-9-5-4-8-24(21)25)30-16-23(34-19-20-10-12-28-13-11-20)17-31(27(33)18-30)22-6-2-1-3-7-22/h4-5,8-13,15,22-23,29H,1-3,6-7,14,16-19H2/t23-/m0/s1. The van der Waals surface area contributed by atoms with Crippen molar-refractivity contribution in [3.8, 4) is 0 Å². The second kappa shape index (κ2) is 10.4. The lowest BCUT2D eigenvalue weighted by Gasteiger charge is -2.34. The monoisotopic (exact) mass is 460 g/mol. The van der Waals surface area contributed by atoms with Crippen LogP contribution in [0, 0.1) is 0 Å². The summed E-state index contributed by atoms with van der Waals surface area (Å²) in [5, 5.41) is 1.05. The largest absolute Gasteiger partial charge is 0.370 e. The molecule has 0 unspecified atom stereocenters. The fourth-order valence-corrected chi connectivity index (χ4v) is 5.23.